The molecule has 1 aliphatic rings. The van der Waals surface area contributed by atoms with Crippen LogP contribution >= 0.6 is 0 Å². The summed E-state index contributed by atoms with van der Waals surface area (Å²) >= 11 is 0. The summed E-state index contributed by atoms with van der Waals surface area (Å²) in [6.45, 7) is 6.44. The number of methoxy groups -OCH3 is 1. The number of cyclic esters (lactones) is 1. The van der Waals surface area contributed by atoms with Gasteiger partial charge in [-0.15, -0.1) is 0 Å². The fourth-order valence-corrected chi connectivity index (χ4v) is 3.45. The first-order valence-electron chi connectivity index (χ1n) is 11.0. The number of allylic oxidation sites excluding steroid dienone is 4. The van der Waals surface area contributed by atoms with Gasteiger partial charge in [0.05, 0.1) is 18.6 Å². The van der Waals surface area contributed by atoms with E-state index in [1.54, 1.807) is 13.2 Å². The lowest BCUT2D eigenvalue weighted by Crippen LogP contribution is -2.21. The summed E-state index contributed by atoms with van der Waals surface area (Å²) in [7, 11) is 1.70. The molecular weight excluding hydrogens is 364 g/mol. The summed E-state index contributed by atoms with van der Waals surface area (Å²) in [5, 5.41) is 10.2. The van der Waals surface area contributed by atoms with Crippen LogP contribution < -0.4 is 0 Å². The monoisotopic (exact) mass is 404 g/mol. The van der Waals surface area contributed by atoms with E-state index >= 15 is 0 Å². The standard InChI is InChI=1S/C25H40O4/c1-5-6-9-15-23-16-11-8-7-10-13-20(2)18-21(3)24(28-4)17-12-14-22(26)19-25(27)29-23/h7-8,10-12,14,18,20,22-24,26H,5-6,9,13,15-17,19H2,1-4H3/b10-7+,11-8+,14-12+,21-18+/t20-,22+,23+,24-/m0/s1. The molecule has 0 aromatic carbocycles. The summed E-state index contributed by atoms with van der Waals surface area (Å²) in [5.41, 5.74) is 1.18. The molecule has 0 aromatic heterocycles. The van der Waals surface area contributed by atoms with Crippen molar-refractivity contribution in [3.63, 3.8) is 0 Å². The Morgan fingerprint density at radius 2 is 1.86 bits per heavy atom. The van der Waals surface area contributed by atoms with Gasteiger partial charge >= 0.3 is 5.97 Å². The average molecular weight is 405 g/mol. The minimum absolute atomic E-state index is 0.0199. The molecule has 0 aromatic rings. The van der Waals surface area contributed by atoms with Crippen LogP contribution in [0.25, 0.3) is 0 Å². The van der Waals surface area contributed by atoms with Crippen molar-refractivity contribution in [1.82, 2.24) is 0 Å². The molecule has 1 heterocycles. The van der Waals surface area contributed by atoms with Crippen molar-refractivity contribution >= 4 is 5.97 Å². The van der Waals surface area contributed by atoms with Gasteiger partial charge in [-0.25, -0.2) is 0 Å². The lowest BCUT2D eigenvalue weighted by molar-refractivity contribution is -0.150. The van der Waals surface area contributed by atoms with Gasteiger partial charge in [-0.05, 0) is 44.1 Å². The minimum atomic E-state index is -0.836. The van der Waals surface area contributed by atoms with E-state index in [4.69, 9.17) is 9.47 Å². The van der Waals surface area contributed by atoms with E-state index in [-0.39, 0.29) is 24.6 Å². The molecular formula is C25H40O4. The van der Waals surface area contributed by atoms with Gasteiger partial charge in [-0.3, -0.25) is 4.79 Å². The Balaban J connectivity index is 2.87. The Morgan fingerprint density at radius 3 is 2.55 bits per heavy atom. The number of carbonyl (C=O) groups is 1. The van der Waals surface area contributed by atoms with Gasteiger partial charge in [0.15, 0.2) is 0 Å². The molecule has 1 rings (SSSR count). The second-order valence-corrected chi connectivity index (χ2v) is 7.98. The Morgan fingerprint density at radius 1 is 1.14 bits per heavy atom. The second-order valence-electron chi connectivity index (χ2n) is 7.98. The van der Waals surface area contributed by atoms with E-state index in [0.29, 0.717) is 18.8 Å². The largest absolute Gasteiger partial charge is 0.462 e. The molecule has 0 amide bonds. The third-order valence-electron chi connectivity index (χ3n) is 5.14. The molecule has 4 nitrogen and oxygen atoms in total. The number of carbonyl (C=O) groups excluding carboxylic acids is 1. The van der Waals surface area contributed by atoms with Crippen LogP contribution in [0.1, 0.15) is 72.1 Å². The molecule has 4 atom stereocenters. The number of rotatable bonds is 5. The molecule has 0 radical (unpaired) electrons. The molecule has 0 saturated carbocycles. The molecule has 0 bridgehead atoms. The molecule has 0 spiro atoms. The number of esters is 1. The molecule has 164 valence electrons. The Bertz CT molecular complexity index is 573. The molecule has 1 aliphatic heterocycles. The molecule has 29 heavy (non-hydrogen) atoms. The SMILES string of the molecule is CCCCC[C@@H]1C/C=C/C=C/C[C@H](C)/C=C(\C)[C@@H](OC)C/C=C/[C@@H](O)CC(=O)O1. The molecule has 4 heteroatoms. The zero-order valence-corrected chi connectivity index (χ0v) is 18.7. The van der Waals surface area contributed by atoms with E-state index in [2.05, 4.69) is 45.1 Å². The summed E-state index contributed by atoms with van der Waals surface area (Å²) in [4.78, 5) is 12.3. The summed E-state index contributed by atoms with van der Waals surface area (Å²) < 4.78 is 11.2. The lowest BCUT2D eigenvalue weighted by Gasteiger charge is -2.18. The van der Waals surface area contributed by atoms with Crippen molar-refractivity contribution in [3.8, 4) is 0 Å². The van der Waals surface area contributed by atoms with E-state index in [1.807, 2.05) is 12.2 Å². The molecule has 0 fully saturated rings. The zero-order chi connectivity index (χ0) is 21.5. The number of aliphatic hydroxyl groups is 1. The van der Waals surface area contributed by atoms with Gasteiger partial charge in [0, 0.05) is 13.5 Å². The number of aliphatic hydroxyl groups excluding tert-OH is 1. The second kappa shape index (κ2) is 15.2. The van der Waals surface area contributed by atoms with Gasteiger partial charge in [-0.1, -0.05) is 69.2 Å². The predicted molar refractivity (Wildman–Crippen MR) is 120 cm³/mol. The van der Waals surface area contributed by atoms with E-state index in [1.165, 1.54) is 5.57 Å². The highest BCUT2D eigenvalue weighted by atomic mass is 16.5. The number of hydrogen-bond donors (Lipinski definition) is 1. The first-order chi connectivity index (χ1) is 14.0. The van der Waals surface area contributed by atoms with Crippen molar-refractivity contribution in [2.24, 2.45) is 5.92 Å². The van der Waals surface area contributed by atoms with E-state index in [0.717, 1.165) is 32.1 Å². The van der Waals surface area contributed by atoms with Crippen LogP contribution in [0.3, 0.4) is 0 Å². The average Bonchev–Trinajstić information content (AvgIpc) is 2.66. The Kier molecular flexibility index (Phi) is 13.3. The van der Waals surface area contributed by atoms with Crippen molar-refractivity contribution in [1.29, 1.82) is 0 Å². The van der Waals surface area contributed by atoms with Crippen LogP contribution in [0.2, 0.25) is 0 Å². The quantitative estimate of drug-likeness (QED) is 0.364. The summed E-state index contributed by atoms with van der Waals surface area (Å²) in [6, 6.07) is 0. The van der Waals surface area contributed by atoms with Gasteiger partial charge in [0.25, 0.3) is 0 Å². The lowest BCUT2D eigenvalue weighted by atomic mass is 9.99. The first kappa shape index (κ1) is 25.4. The van der Waals surface area contributed by atoms with Gasteiger partial charge in [0.1, 0.15) is 6.10 Å². The number of unbranched alkanes of at least 4 members (excludes halogenated alkanes) is 2. The maximum absolute atomic E-state index is 12.3. The number of hydrogen-bond acceptors (Lipinski definition) is 4. The smallest absolute Gasteiger partial charge is 0.309 e. The van der Waals surface area contributed by atoms with Gasteiger partial charge in [0.2, 0.25) is 0 Å². The topological polar surface area (TPSA) is 55.8 Å². The highest BCUT2D eigenvalue weighted by Crippen LogP contribution is 2.17. The normalized spacial score (nSPS) is 32.9. The minimum Gasteiger partial charge on any atom is -0.462 e. The maximum atomic E-state index is 12.3. The third-order valence-corrected chi connectivity index (χ3v) is 5.14. The predicted octanol–water partition coefficient (Wildman–Crippen LogP) is 5.68. The van der Waals surface area contributed by atoms with Crippen molar-refractivity contribution in [2.75, 3.05) is 7.11 Å². The van der Waals surface area contributed by atoms with Crippen molar-refractivity contribution < 1.29 is 19.4 Å². The molecule has 0 saturated heterocycles. The van der Waals surface area contributed by atoms with Crippen LogP contribution in [-0.4, -0.2) is 36.5 Å². The van der Waals surface area contributed by atoms with Crippen LogP contribution in [0.4, 0.5) is 0 Å². The maximum Gasteiger partial charge on any atom is 0.309 e. The van der Waals surface area contributed by atoms with Gasteiger partial charge < -0.3 is 14.6 Å². The van der Waals surface area contributed by atoms with Crippen LogP contribution in [-0.2, 0) is 14.3 Å². The van der Waals surface area contributed by atoms with E-state index < -0.39 is 6.10 Å². The van der Waals surface area contributed by atoms with Crippen LogP contribution in [0.15, 0.2) is 48.1 Å². The highest BCUT2D eigenvalue weighted by molar-refractivity contribution is 5.70. The highest BCUT2D eigenvalue weighted by Gasteiger charge is 2.16. The zero-order valence-electron chi connectivity index (χ0n) is 18.7. The fraction of sp³-hybridized carbons (Fsp3) is 0.640. The van der Waals surface area contributed by atoms with Crippen LogP contribution in [0, 0.1) is 5.92 Å². The van der Waals surface area contributed by atoms with Gasteiger partial charge in [-0.2, -0.15) is 0 Å². The van der Waals surface area contributed by atoms with E-state index in [9.17, 15) is 9.90 Å². The fourth-order valence-electron chi connectivity index (χ4n) is 3.45. The molecule has 0 aliphatic carbocycles. The third kappa shape index (κ3) is 11.8. The molecule has 1 N–H and O–H groups in total. The summed E-state index contributed by atoms with van der Waals surface area (Å²) in [5.74, 6) is 0.0791. The Hall–Kier alpha value is -1.65. The van der Waals surface area contributed by atoms with Crippen molar-refractivity contribution in [2.45, 2.75) is 90.4 Å². The van der Waals surface area contributed by atoms with Crippen LogP contribution in [0.5, 0.6) is 0 Å². The first-order valence-corrected chi connectivity index (χ1v) is 11.0. The molecule has 0 unspecified atom stereocenters. The number of ether oxygens (including phenoxy) is 2. The Labute approximate surface area is 177 Å². The van der Waals surface area contributed by atoms with Crippen molar-refractivity contribution in [3.05, 3.63) is 48.1 Å². The summed E-state index contributed by atoms with van der Waals surface area (Å²) in [6.07, 6.45) is 19.6.